The van der Waals surface area contributed by atoms with Gasteiger partial charge < -0.3 is 25.2 Å². The van der Waals surface area contributed by atoms with Crippen molar-refractivity contribution in [2.75, 3.05) is 36.8 Å². The van der Waals surface area contributed by atoms with Crippen molar-refractivity contribution in [3.8, 4) is 17.0 Å². The molecule has 8 heteroatoms. The van der Waals surface area contributed by atoms with Crippen LogP contribution in [0.2, 0.25) is 0 Å². The Morgan fingerprint density at radius 1 is 1.11 bits per heavy atom. The van der Waals surface area contributed by atoms with Gasteiger partial charge in [0.05, 0.1) is 0 Å². The number of anilines is 2. The number of piperazine rings is 1. The van der Waals surface area contributed by atoms with Crippen LogP contribution in [0.3, 0.4) is 0 Å². The van der Waals surface area contributed by atoms with Crippen molar-refractivity contribution in [2.24, 2.45) is 0 Å². The number of amides is 1. The second-order valence-corrected chi connectivity index (χ2v) is 6.58. The topological polar surface area (TPSA) is 95.8 Å². The molecule has 1 aromatic heterocycles. The van der Waals surface area contributed by atoms with Crippen LogP contribution in [0.4, 0.5) is 16.0 Å². The van der Waals surface area contributed by atoms with Crippen molar-refractivity contribution < 1.29 is 18.8 Å². The molecular weight excluding hydrogens is 363 g/mol. The molecule has 1 amide bonds. The van der Waals surface area contributed by atoms with Gasteiger partial charge in [-0.3, -0.25) is 4.79 Å². The molecule has 2 aromatic carbocycles. The minimum absolute atomic E-state index is 0.0785. The van der Waals surface area contributed by atoms with Crippen LogP contribution in [-0.2, 0) is 0 Å². The summed E-state index contributed by atoms with van der Waals surface area (Å²) >= 11 is 0. The quantitative estimate of drug-likeness (QED) is 0.723. The number of phenols is 1. The summed E-state index contributed by atoms with van der Waals surface area (Å²) in [6.07, 6.45) is 0. The Labute approximate surface area is 160 Å². The number of phenolic OH excluding ortho intramolecular Hbond substituents is 1. The molecule has 2 heterocycles. The number of hydrogen-bond acceptors (Lipinski definition) is 6. The summed E-state index contributed by atoms with van der Waals surface area (Å²) in [6, 6.07) is 12.7. The summed E-state index contributed by atoms with van der Waals surface area (Å²) in [7, 11) is 0. The molecule has 0 unspecified atom stereocenters. The van der Waals surface area contributed by atoms with Gasteiger partial charge in [-0.2, -0.15) is 0 Å². The van der Waals surface area contributed by atoms with Crippen LogP contribution in [0.15, 0.2) is 53.1 Å². The average molecular weight is 382 g/mol. The fourth-order valence-electron chi connectivity index (χ4n) is 3.33. The lowest BCUT2D eigenvalue weighted by molar-refractivity contribution is 0.0748. The molecule has 1 saturated heterocycles. The molecule has 0 atom stereocenters. The first-order valence-corrected chi connectivity index (χ1v) is 8.87. The van der Waals surface area contributed by atoms with Crippen molar-refractivity contribution in [1.82, 2.24) is 10.1 Å². The van der Waals surface area contributed by atoms with E-state index in [4.69, 9.17) is 10.3 Å². The minimum Gasteiger partial charge on any atom is -0.508 e. The lowest BCUT2D eigenvalue weighted by atomic mass is 10.1. The monoisotopic (exact) mass is 382 g/mol. The second-order valence-electron chi connectivity index (χ2n) is 6.58. The van der Waals surface area contributed by atoms with E-state index in [1.54, 1.807) is 29.2 Å². The second kappa shape index (κ2) is 7.22. The number of nitrogens with zero attached hydrogens (tertiary/aromatic N) is 3. The van der Waals surface area contributed by atoms with E-state index in [1.165, 1.54) is 12.1 Å². The molecule has 4 rings (SSSR count). The molecule has 0 bridgehead atoms. The molecule has 0 spiro atoms. The van der Waals surface area contributed by atoms with Crippen molar-refractivity contribution in [1.29, 1.82) is 0 Å². The number of aromatic hydroxyl groups is 1. The summed E-state index contributed by atoms with van der Waals surface area (Å²) in [5.74, 6) is -0.584. The zero-order chi connectivity index (χ0) is 19.7. The lowest BCUT2D eigenvalue weighted by Crippen LogP contribution is -2.49. The van der Waals surface area contributed by atoms with E-state index < -0.39 is 5.82 Å². The number of nitrogen functional groups attached to an aromatic ring is 1. The maximum atomic E-state index is 13.6. The molecule has 1 aliphatic heterocycles. The molecule has 28 heavy (non-hydrogen) atoms. The SMILES string of the molecule is Nc1onc(-c2cccc(F)c2)c1C(=O)N1CCN(c2ccc(O)cc2)CC1. The van der Waals surface area contributed by atoms with Crippen LogP contribution in [-0.4, -0.2) is 47.2 Å². The van der Waals surface area contributed by atoms with Crippen LogP contribution in [0.5, 0.6) is 5.75 Å². The van der Waals surface area contributed by atoms with Gasteiger partial charge in [0.2, 0.25) is 5.88 Å². The fraction of sp³-hybridized carbons (Fsp3) is 0.200. The van der Waals surface area contributed by atoms with Crippen LogP contribution < -0.4 is 10.6 Å². The zero-order valence-corrected chi connectivity index (χ0v) is 15.0. The summed E-state index contributed by atoms with van der Waals surface area (Å²) in [5.41, 5.74) is 7.67. The van der Waals surface area contributed by atoms with E-state index in [-0.39, 0.29) is 28.8 Å². The van der Waals surface area contributed by atoms with Gasteiger partial charge in [-0.25, -0.2) is 4.39 Å². The van der Waals surface area contributed by atoms with E-state index in [2.05, 4.69) is 10.1 Å². The Morgan fingerprint density at radius 3 is 2.50 bits per heavy atom. The third-order valence-corrected chi connectivity index (χ3v) is 4.81. The predicted octanol–water partition coefficient (Wildman–Crippen LogP) is 2.73. The summed E-state index contributed by atoms with van der Waals surface area (Å²) < 4.78 is 18.6. The third-order valence-electron chi connectivity index (χ3n) is 4.81. The normalized spacial score (nSPS) is 14.3. The summed E-state index contributed by atoms with van der Waals surface area (Å²) in [6.45, 7) is 2.26. The number of hydrogen-bond donors (Lipinski definition) is 2. The summed E-state index contributed by atoms with van der Waals surface area (Å²) in [5, 5.41) is 13.3. The Morgan fingerprint density at radius 2 is 1.82 bits per heavy atom. The number of nitrogens with two attached hydrogens (primary N) is 1. The molecule has 1 aliphatic rings. The number of carbonyl (C=O) groups is 1. The molecular formula is C20H19FN4O3. The standard InChI is InChI=1S/C20H19FN4O3/c21-14-3-1-2-13(12-14)18-17(19(22)28-23-18)20(27)25-10-8-24(9-11-25)15-4-6-16(26)7-5-15/h1-7,12,26H,8-11,22H2. The highest BCUT2D eigenvalue weighted by Gasteiger charge is 2.29. The Hall–Kier alpha value is -3.55. The van der Waals surface area contributed by atoms with Crippen molar-refractivity contribution in [2.45, 2.75) is 0 Å². The first kappa shape index (κ1) is 17.8. The molecule has 0 radical (unpaired) electrons. The van der Waals surface area contributed by atoms with E-state index in [1.807, 2.05) is 12.1 Å². The van der Waals surface area contributed by atoms with Gasteiger partial charge in [0, 0.05) is 37.4 Å². The number of halogens is 1. The van der Waals surface area contributed by atoms with Gasteiger partial charge in [-0.15, -0.1) is 0 Å². The predicted molar refractivity (Wildman–Crippen MR) is 103 cm³/mol. The molecule has 144 valence electrons. The third kappa shape index (κ3) is 3.36. The van der Waals surface area contributed by atoms with E-state index >= 15 is 0 Å². The molecule has 1 fully saturated rings. The molecule has 3 aromatic rings. The highest BCUT2D eigenvalue weighted by Crippen LogP contribution is 2.29. The van der Waals surface area contributed by atoms with Crippen molar-refractivity contribution in [3.63, 3.8) is 0 Å². The smallest absolute Gasteiger partial charge is 0.261 e. The largest absolute Gasteiger partial charge is 0.508 e. The van der Waals surface area contributed by atoms with Gasteiger partial charge in [-0.1, -0.05) is 17.3 Å². The molecule has 0 saturated carbocycles. The van der Waals surface area contributed by atoms with Gasteiger partial charge in [0.25, 0.3) is 5.91 Å². The van der Waals surface area contributed by atoms with Crippen molar-refractivity contribution >= 4 is 17.5 Å². The van der Waals surface area contributed by atoms with Crippen LogP contribution in [0.25, 0.3) is 11.3 Å². The van der Waals surface area contributed by atoms with Gasteiger partial charge in [-0.05, 0) is 36.4 Å². The first-order valence-electron chi connectivity index (χ1n) is 8.87. The van der Waals surface area contributed by atoms with Crippen LogP contribution in [0.1, 0.15) is 10.4 Å². The van der Waals surface area contributed by atoms with Crippen LogP contribution in [0, 0.1) is 5.82 Å². The average Bonchev–Trinajstić information content (AvgIpc) is 3.10. The minimum atomic E-state index is -0.431. The highest BCUT2D eigenvalue weighted by molar-refractivity contribution is 6.03. The van der Waals surface area contributed by atoms with E-state index in [0.29, 0.717) is 31.7 Å². The number of carbonyl (C=O) groups excluding carboxylic acids is 1. The summed E-state index contributed by atoms with van der Waals surface area (Å²) in [4.78, 5) is 16.9. The molecule has 0 aliphatic carbocycles. The van der Waals surface area contributed by atoms with E-state index in [0.717, 1.165) is 5.69 Å². The maximum absolute atomic E-state index is 13.6. The first-order chi connectivity index (χ1) is 13.5. The van der Waals surface area contributed by atoms with Crippen molar-refractivity contribution in [3.05, 3.63) is 59.9 Å². The number of benzene rings is 2. The fourth-order valence-corrected chi connectivity index (χ4v) is 3.33. The lowest BCUT2D eigenvalue weighted by Gasteiger charge is -2.36. The maximum Gasteiger partial charge on any atom is 0.261 e. The molecule has 3 N–H and O–H groups in total. The zero-order valence-electron chi connectivity index (χ0n) is 15.0. The van der Waals surface area contributed by atoms with Crippen LogP contribution >= 0.6 is 0 Å². The Bertz CT molecular complexity index is 995. The number of aromatic nitrogens is 1. The molecule has 7 nitrogen and oxygen atoms in total. The Kier molecular flexibility index (Phi) is 4.60. The number of rotatable bonds is 3. The van der Waals surface area contributed by atoms with E-state index in [9.17, 15) is 14.3 Å². The highest BCUT2D eigenvalue weighted by atomic mass is 19.1. The Balaban J connectivity index is 1.52. The van der Waals surface area contributed by atoms with Gasteiger partial charge >= 0.3 is 0 Å². The van der Waals surface area contributed by atoms with Gasteiger partial charge in [0.15, 0.2) is 0 Å². The van der Waals surface area contributed by atoms with Gasteiger partial charge in [0.1, 0.15) is 22.8 Å².